The number of hydrogen-bond donors (Lipinski definition) is 2. The van der Waals surface area contributed by atoms with E-state index in [0.717, 1.165) is 29.3 Å². The summed E-state index contributed by atoms with van der Waals surface area (Å²) in [6, 6.07) is 17.2. The molecule has 1 aliphatic rings. The Bertz CT molecular complexity index is 944. The number of nitriles is 1. The van der Waals surface area contributed by atoms with Crippen molar-refractivity contribution in [2.75, 3.05) is 5.32 Å². The molecule has 3 aromatic rings. The zero-order valence-electron chi connectivity index (χ0n) is 12.5. The third kappa shape index (κ3) is 2.09. The molecule has 0 unspecified atom stereocenters. The van der Waals surface area contributed by atoms with Crippen molar-refractivity contribution >= 4 is 22.5 Å². The van der Waals surface area contributed by atoms with Crippen molar-refractivity contribution in [1.82, 2.24) is 4.98 Å². The number of nitrogens with one attached hydrogen (secondary N) is 2. The number of anilines is 1. The molecule has 0 radical (unpaired) electrons. The molecule has 1 aromatic heterocycles. The van der Waals surface area contributed by atoms with Crippen LogP contribution in [-0.2, 0) is 10.2 Å². The molecule has 1 aliphatic carbocycles. The molecule has 2 aromatic carbocycles. The Hall–Kier alpha value is -3.06. The summed E-state index contributed by atoms with van der Waals surface area (Å²) < 4.78 is 0. The van der Waals surface area contributed by atoms with Crippen molar-refractivity contribution in [2.24, 2.45) is 0 Å². The van der Waals surface area contributed by atoms with Crippen LogP contribution >= 0.6 is 0 Å². The molecule has 4 nitrogen and oxygen atoms in total. The summed E-state index contributed by atoms with van der Waals surface area (Å²) in [5, 5.41) is 13.2. The van der Waals surface area contributed by atoms with Gasteiger partial charge in [-0.2, -0.15) is 5.26 Å². The summed E-state index contributed by atoms with van der Waals surface area (Å²) in [5.74, 6) is -0.0371. The summed E-state index contributed by atoms with van der Waals surface area (Å²) >= 11 is 0. The predicted molar refractivity (Wildman–Crippen MR) is 89.0 cm³/mol. The Morgan fingerprint density at radius 2 is 1.87 bits per heavy atom. The highest BCUT2D eigenvalue weighted by Crippen LogP contribution is 2.51. The zero-order chi connectivity index (χ0) is 15.9. The number of aromatic amines is 1. The summed E-state index contributed by atoms with van der Waals surface area (Å²) in [6.07, 6.45) is 3.60. The number of rotatable bonds is 3. The molecule has 4 heteroatoms. The van der Waals surface area contributed by atoms with Gasteiger partial charge in [-0.25, -0.2) is 0 Å². The van der Waals surface area contributed by atoms with Gasteiger partial charge in [-0.1, -0.05) is 30.3 Å². The van der Waals surface area contributed by atoms with Gasteiger partial charge in [0.1, 0.15) is 6.07 Å². The lowest BCUT2D eigenvalue weighted by atomic mass is 9.94. The first-order valence-corrected chi connectivity index (χ1v) is 7.62. The summed E-state index contributed by atoms with van der Waals surface area (Å²) in [4.78, 5) is 16.1. The van der Waals surface area contributed by atoms with E-state index < -0.39 is 5.41 Å². The van der Waals surface area contributed by atoms with E-state index in [1.54, 1.807) is 18.2 Å². The van der Waals surface area contributed by atoms with Gasteiger partial charge in [-0.05, 0) is 36.6 Å². The minimum atomic E-state index is -0.484. The smallest absolute Gasteiger partial charge is 0.235 e. The fraction of sp³-hybridized carbons (Fsp3) is 0.158. The number of aromatic nitrogens is 1. The molecule has 1 amide bonds. The second-order valence-corrected chi connectivity index (χ2v) is 5.94. The second kappa shape index (κ2) is 4.99. The van der Waals surface area contributed by atoms with Crippen LogP contribution < -0.4 is 5.32 Å². The molecule has 0 atom stereocenters. The monoisotopic (exact) mass is 301 g/mol. The lowest BCUT2D eigenvalue weighted by molar-refractivity contribution is -0.118. The molecular weight excluding hydrogens is 286 g/mol. The number of amides is 1. The molecule has 0 saturated heterocycles. The number of fused-ring (bicyclic) bond motifs is 1. The molecule has 0 bridgehead atoms. The molecule has 4 rings (SSSR count). The number of hydrogen-bond acceptors (Lipinski definition) is 2. The lowest BCUT2D eigenvalue weighted by Gasteiger charge is -2.15. The van der Waals surface area contributed by atoms with Gasteiger partial charge in [0.25, 0.3) is 0 Å². The van der Waals surface area contributed by atoms with Crippen molar-refractivity contribution in [3.63, 3.8) is 0 Å². The first-order valence-electron chi connectivity index (χ1n) is 7.62. The minimum absolute atomic E-state index is 0.0371. The molecule has 0 spiro atoms. The van der Waals surface area contributed by atoms with Crippen molar-refractivity contribution < 1.29 is 4.79 Å². The Kier molecular flexibility index (Phi) is 2.95. The van der Waals surface area contributed by atoms with Crippen molar-refractivity contribution in [2.45, 2.75) is 18.3 Å². The van der Waals surface area contributed by atoms with E-state index in [-0.39, 0.29) is 5.91 Å². The van der Waals surface area contributed by atoms with Crippen LogP contribution in [0.3, 0.4) is 0 Å². The highest BCUT2D eigenvalue weighted by atomic mass is 16.2. The van der Waals surface area contributed by atoms with Gasteiger partial charge in [-0.15, -0.1) is 0 Å². The van der Waals surface area contributed by atoms with E-state index in [1.807, 2.05) is 36.5 Å². The van der Waals surface area contributed by atoms with Crippen LogP contribution in [0, 0.1) is 11.3 Å². The van der Waals surface area contributed by atoms with Crippen molar-refractivity contribution in [1.29, 1.82) is 5.26 Å². The molecular formula is C19H15N3O. The quantitative estimate of drug-likeness (QED) is 0.774. The van der Waals surface area contributed by atoms with Gasteiger partial charge in [0.2, 0.25) is 5.91 Å². The molecule has 23 heavy (non-hydrogen) atoms. The van der Waals surface area contributed by atoms with E-state index in [9.17, 15) is 4.79 Å². The summed E-state index contributed by atoms with van der Waals surface area (Å²) in [7, 11) is 0. The maximum atomic E-state index is 12.9. The largest absolute Gasteiger partial charge is 0.361 e. The average Bonchev–Trinajstić information content (AvgIpc) is 3.28. The number of benzene rings is 2. The number of nitrogens with zero attached hydrogens (tertiary/aromatic N) is 1. The standard InChI is InChI=1S/C19H15N3O/c20-11-13-5-1-3-7-16(13)22-18(23)19(9-10-19)15-12-21-17-8-4-2-6-14(15)17/h1-8,12,21H,9-10H2,(H,22,23). The topological polar surface area (TPSA) is 68.7 Å². The zero-order valence-corrected chi connectivity index (χ0v) is 12.5. The van der Waals surface area contributed by atoms with Gasteiger partial charge >= 0.3 is 0 Å². The SMILES string of the molecule is N#Cc1ccccc1NC(=O)C1(c2c[nH]c3ccccc23)CC1. The average molecular weight is 301 g/mol. The Morgan fingerprint density at radius 1 is 1.13 bits per heavy atom. The number of para-hydroxylation sites is 2. The van der Waals surface area contributed by atoms with Gasteiger partial charge < -0.3 is 10.3 Å². The predicted octanol–water partition coefficient (Wildman–Crippen LogP) is 3.71. The Balaban J connectivity index is 1.70. The summed E-state index contributed by atoms with van der Waals surface area (Å²) in [5.41, 5.74) is 2.66. The molecule has 1 heterocycles. The van der Waals surface area contributed by atoms with Gasteiger partial charge in [-0.3, -0.25) is 4.79 Å². The van der Waals surface area contributed by atoms with Crippen LogP contribution in [-0.4, -0.2) is 10.9 Å². The number of carbonyl (C=O) groups excluding carboxylic acids is 1. The molecule has 1 fully saturated rings. The van der Waals surface area contributed by atoms with Gasteiger partial charge in [0.05, 0.1) is 16.7 Å². The molecule has 0 aliphatic heterocycles. The van der Waals surface area contributed by atoms with Crippen LogP contribution in [0.4, 0.5) is 5.69 Å². The third-order valence-corrected chi connectivity index (χ3v) is 4.59. The fourth-order valence-electron chi connectivity index (χ4n) is 3.14. The van der Waals surface area contributed by atoms with Gasteiger partial charge in [0.15, 0.2) is 0 Å². The van der Waals surface area contributed by atoms with E-state index >= 15 is 0 Å². The van der Waals surface area contributed by atoms with Crippen LogP contribution in [0.2, 0.25) is 0 Å². The van der Waals surface area contributed by atoms with Crippen LogP contribution in [0.15, 0.2) is 54.7 Å². The fourth-order valence-corrected chi connectivity index (χ4v) is 3.14. The number of H-pyrrole nitrogens is 1. The van der Waals surface area contributed by atoms with Crippen molar-refractivity contribution in [3.8, 4) is 6.07 Å². The van der Waals surface area contributed by atoms with Gasteiger partial charge in [0, 0.05) is 17.1 Å². The highest BCUT2D eigenvalue weighted by Gasteiger charge is 2.52. The normalized spacial score (nSPS) is 15.1. The maximum absolute atomic E-state index is 12.9. The third-order valence-electron chi connectivity index (χ3n) is 4.59. The lowest BCUT2D eigenvalue weighted by Crippen LogP contribution is -2.28. The van der Waals surface area contributed by atoms with E-state index in [0.29, 0.717) is 11.3 Å². The molecule has 2 N–H and O–H groups in total. The van der Waals surface area contributed by atoms with Crippen LogP contribution in [0.25, 0.3) is 10.9 Å². The first kappa shape index (κ1) is 13.6. The first-order chi connectivity index (χ1) is 11.2. The minimum Gasteiger partial charge on any atom is -0.361 e. The molecule has 1 saturated carbocycles. The maximum Gasteiger partial charge on any atom is 0.235 e. The summed E-state index contributed by atoms with van der Waals surface area (Å²) in [6.45, 7) is 0. The van der Waals surface area contributed by atoms with E-state index in [2.05, 4.69) is 16.4 Å². The van der Waals surface area contributed by atoms with Crippen molar-refractivity contribution in [3.05, 3.63) is 65.9 Å². The Labute approximate surface area is 133 Å². The van der Waals surface area contributed by atoms with Crippen LogP contribution in [0.1, 0.15) is 24.0 Å². The molecule has 112 valence electrons. The van der Waals surface area contributed by atoms with E-state index in [4.69, 9.17) is 5.26 Å². The number of carbonyl (C=O) groups is 1. The second-order valence-electron chi connectivity index (χ2n) is 5.94. The highest BCUT2D eigenvalue weighted by molar-refractivity contribution is 6.05. The Morgan fingerprint density at radius 3 is 2.65 bits per heavy atom. The van der Waals surface area contributed by atoms with Crippen LogP contribution in [0.5, 0.6) is 0 Å². The van der Waals surface area contributed by atoms with E-state index in [1.165, 1.54) is 0 Å².